The summed E-state index contributed by atoms with van der Waals surface area (Å²) in [7, 11) is 1.71. The molecule has 0 aromatic carbocycles. The fourth-order valence-electron chi connectivity index (χ4n) is 1.23. The molecule has 0 saturated heterocycles. The summed E-state index contributed by atoms with van der Waals surface area (Å²) in [6.07, 6.45) is 1.01. The Morgan fingerprint density at radius 2 is 2.24 bits per heavy atom. The van der Waals surface area contributed by atoms with E-state index in [0.717, 1.165) is 29.6 Å². The van der Waals surface area contributed by atoms with E-state index in [2.05, 4.69) is 29.2 Å². The van der Waals surface area contributed by atoms with Gasteiger partial charge in [0.15, 0.2) is 0 Å². The average molecular weight is 256 g/mol. The van der Waals surface area contributed by atoms with Gasteiger partial charge in [-0.25, -0.2) is 15.8 Å². The van der Waals surface area contributed by atoms with Gasteiger partial charge in [0.1, 0.15) is 16.7 Å². The van der Waals surface area contributed by atoms with Crippen LogP contribution < -0.4 is 11.3 Å². The second-order valence-corrected chi connectivity index (χ2v) is 5.06. The second kappa shape index (κ2) is 7.47. The molecule has 0 bridgehead atoms. The number of nitrogens with two attached hydrogens (primary N) is 1. The van der Waals surface area contributed by atoms with Crippen LogP contribution in [0.5, 0.6) is 0 Å². The van der Waals surface area contributed by atoms with E-state index in [0.29, 0.717) is 11.7 Å². The molecule has 0 saturated carbocycles. The first-order valence-electron chi connectivity index (χ1n) is 5.64. The quantitative estimate of drug-likeness (QED) is 0.256. The van der Waals surface area contributed by atoms with Crippen LogP contribution in [-0.2, 0) is 4.74 Å². The van der Waals surface area contributed by atoms with E-state index in [1.807, 2.05) is 6.07 Å². The van der Waals surface area contributed by atoms with E-state index in [-0.39, 0.29) is 0 Å². The number of methoxy groups -OCH3 is 1. The Morgan fingerprint density at radius 3 is 2.82 bits per heavy atom. The third-order valence-corrected chi connectivity index (χ3v) is 3.12. The summed E-state index contributed by atoms with van der Waals surface area (Å²) in [6.45, 7) is 4.90. The molecule has 0 atom stereocenters. The van der Waals surface area contributed by atoms with Crippen molar-refractivity contribution < 1.29 is 4.74 Å². The lowest BCUT2D eigenvalue weighted by Crippen LogP contribution is -2.11. The van der Waals surface area contributed by atoms with Gasteiger partial charge in [0.25, 0.3) is 0 Å². The fraction of sp³-hybridized carbons (Fsp3) is 0.636. The Morgan fingerprint density at radius 1 is 1.47 bits per heavy atom. The van der Waals surface area contributed by atoms with Crippen molar-refractivity contribution in [3.8, 4) is 0 Å². The van der Waals surface area contributed by atoms with Gasteiger partial charge in [0.2, 0.25) is 0 Å². The van der Waals surface area contributed by atoms with Crippen LogP contribution in [-0.4, -0.2) is 29.4 Å². The third kappa shape index (κ3) is 4.89. The highest BCUT2D eigenvalue weighted by Gasteiger charge is 2.07. The normalized spacial score (nSPS) is 10.9. The predicted molar refractivity (Wildman–Crippen MR) is 71.1 cm³/mol. The number of thioether (sulfide) groups is 1. The number of hydrogen-bond acceptors (Lipinski definition) is 6. The molecule has 6 heteroatoms. The van der Waals surface area contributed by atoms with E-state index in [1.54, 1.807) is 18.9 Å². The molecule has 1 heterocycles. The van der Waals surface area contributed by atoms with Crippen molar-refractivity contribution in [2.24, 2.45) is 5.84 Å². The highest BCUT2D eigenvalue weighted by atomic mass is 32.2. The van der Waals surface area contributed by atoms with Gasteiger partial charge in [0.05, 0.1) is 0 Å². The molecular weight excluding hydrogens is 236 g/mol. The van der Waals surface area contributed by atoms with E-state index in [4.69, 9.17) is 10.6 Å². The number of nitrogens with zero attached hydrogens (tertiary/aromatic N) is 2. The summed E-state index contributed by atoms with van der Waals surface area (Å²) < 4.78 is 5.01. The highest BCUT2D eigenvalue weighted by Crippen LogP contribution is 2.21. The van der Waals surface area contributed by atoms with Gasteiger partial charge in [-0.05, 0) is 6.42 Å². The molecule has 5 nitrogen and oxygen atoms in total. The largest absolute Gasteiger partial charge is 0.385 e. The molecule has 1 aromatic heterocycles. The van der Waals surface area contributed by atoms with Gasteiger partial charge >= 0.3 is 0 Å². The Bertz CT molecular complexity index is 346. The van der Waals surface area contributed by atoms with Gasteiger partial charge in [-0.1, -0.05) is 13.8 Å². The van der Waals surface area contributed by atoms with Crippen molar-refractivity contribution in [3.05, 3.63) is 11.9 Å². The van der Waals surface area contributed by atoms with Crippen LogP contribution in [0.15, 0.2) is 11.1 Å². The average Bonchev–Trinajstić information content (AvgIpc) is 2.34. The first-order valence-corrected chi connectivity index (χ1v) is 6.63. The van der Waals surface area contributed by atoms with Crippen molar-refractivity contribution in [1.82, 2.24) is 9.97 Å². The molecule has 0 fully saturated rings. The number of aromatic nitrogens is 2. The van der Waals surface area contributed by atoms with Crippen LogP contribution in [0.2, 0.25) is 0 Å². The van der Waals surface area contributed by atoms with Crippen molar-refractivity contribution in [2.75, 3.05) is 24.9 Å². The zero-order valence-corrected chi connectivity index (χ0v) is 11.4. The van der Waals surface area contributed by atoms with E-state index >= 15 is 0 Å². The van der Waals surface area contributed by atoms with Crippen LogP contribution in [0.4, 0.5) is 5.82 Å². The minimum Gasteiger partial charge on any atom is -0.385 e. The number of hydrogen-bond donors (Lipinski definition) is 2. The molecule has 1 rings (SSSR count). The van der Waals surface area contributed by atoms with Gasteiger partial charge in [-0.3, -0.25) is 0 Å². The SMILES string of the molecule is COCCCSc1cc(NN)nc(C(C)C)n1. The van der Waals surface area contributed by atoms with Crippen LogP contribution >= 0.6 is 11.8 Å². The summed E-state index contributed by atoms with van der Waals surface area (Å²) in [5.74, 6) is 8.15. The minimum atomic E-state index is 0.293. The zero-order chi connectivity index (χ0) is 12.7. The number of hydrazine groups is 1. The number of ether oxygens (including phenoxy) is 1. The minimum absolute atomic E-state index is 0.293. The molecule has 17 heavy (non-hydrogen) atoms. The van der Waals surface area contributed by atoms with Gasteiger partial charge in [-0.2, -0.15) is 0 Å². The molecule has 0 unspecified atom stereocenters. The topological polar surface area (TPSA) is 73.1 Å². The molecule has 0 amide bonds. The molecule has 1 aromatic rings. The first kappa shape index (κ1) is 14.2. The Labute approximate surface area is 107 Å². The van der Waals surface area contributed by atoms with Crippen molar-refractivity contribution in [1.29, 1.82) is 0 Å². The van der Waals surface area contributed by atoms with E-state index < -0.39 is 0 Å². The van der Waals surface area contributed by atoms with E-state index in [9.17, 15) is 0 Å². The van der Waals surface area contributed by atoms with Crippen LogP contribution in [0.25, 0.3) is 0 Å². The van der Waals surface area contributed by atoms with Crippen LogP contribution in [0, 0.1) is 0 Å². The molecule has 3 N–H and O–H groups in total. The van der Waals surface area contributed by atoms with Crippen molar-refractivity contribution >= 4 is 17.6 Å². The molecule has 0 aliphatic rings. The lowest BCUT2D eigenvalue weighted by atomic mass is 10.2. The number of anilines is 1. The Kier molecular flexibility index (Phi) is 6.25. The van der Waals surface area contributed by atoms with Gasteiger partial charge in [0, 0.05) is 31.5 Å². The lowest BCUT2D eigenvalue weighted by molar-refractivity contribution is 0.200. The molecule has 0 radical (unpaired) electrons. The van der Waals surface area contributed by atoms with Crippen molar-refractivity contribution in [2.45, 2.75) is 31.2 Å². The predicted octanol–water partition coefficient (Wildman–Crippen LogP) is 2.01. The first-order chi connectivity index (χ1) is 8.17. The standard InChI is InChI=1S/C11H20N4OS/c1-8(2)11-13-9(15-12)7-10(14-11)17-6-4-5-16-3/h7-8H,4-6,12H2,1-3H3,(H,13,14,15). The Hall–Kier alpha value is -0.850. The number of nitrogen functional groups attached to an aromatic ring is 1. The number of nitrogens with one attached hydrogen (secondary N) is 1. The molecule has 0 spiro atoms. The summed E-state index contributed by atoms with van der Waals surface area (Å²) in [5.41, 5.74) is 2.58. The molecule has 0 aliphatic carbocycles. The molecular formula is C11H20N4OS. The maximum absolute atomic E-state index is 5.39. The molecule has 0 aliphatic heterocycles. The maximum Gasteiger partial charge on any atom is 0.144 e. The lowest BCUT2D eigenvalue weighted by Gasteiger charge is -2.09. The summed E-state index contributed by atoms with van der Waals surface area (Å²) in [4.78, 5) is 8.80. The second-order valence-electron chi connectivity index (χ2n) is 3.94. The third-order valence-electron chi connectivity index (χ3n) is 2.13. The number of rotatable bonds is 7. The van der Waals surface area contributed by atoms with E-state index in [1.165, 1.54) is 0 Å². The zero-order valence-electron chi connectivity index (χ0n) is 10.6. The maximum atomic E-state index is 5.39. The summed E-state index contributed by atoms with van der Waals surface area (Å²) in [5, 5.41) is 0.952. The van der Waals surface area contributed by atoms with Crippen LogP contribution in [0.3, 0.4) is 0 Å². The highest BCUT2D eigenvalue weighted by molar-refractivity contribution is 7.99. The van der Waals surface area contributed by atoms with Gasteiger partial charge < -0.3 is 10.2 Å². The summed E-state index contributed by atoms with van der Waals surface area (Å²) >= 11 is 1.69. The monoisotopic (exact) mass is 256 g/mol. The fourth-order valence-corrected chi connectivity index (χ4v) is 2.05. The van der Waals surface area contributed by atoms with Gasteiger partial charge in [-0.15, -0.1) is 11.8 Å². The smallest absolute Gasteiger partial charge is 0.144 e. The van der Waals surface area contributed by atoms with Crippen LogP contribution in [0.1, 0.15) is 32.0 Å². The Balaban J connectivity index is 2.66. The molecule has 96 valence electrons. The summed E-state index contributed by atoms with van der Waals surface area (Å²) in [6, 6.07) is 1.86. The van der Waals surface area contributed by atoms with Crippen molar-refractivity contribution in [3.63, 3.8) is 0 Å².